The molecule has 0 aromatic heterocycles. The van der Waals surface area contributed by atoms with Gasteiger partial charge in [-0.05, 0) is 12.1 Å². The van der Waals surface area contributed by atoms with Gasteiger partial charge in [0.25, 0.3) is 0 Å². The molecular weight excluding hydrogens is 266 g/mol. The summed E-state index contributed by atoms with van der Waals surface area (Å²) in [5.41, 5.74) is 6.40. The van der Waals surface area contributed by atoms with Gasteiger partial charge in [-0.2, -0.15) is 0 Å². The summed E-state index contributed by atoms with van der Waals surface area (Å²) in [7, 11) is 0. The lowest BCUT2D eigenvalue weighted by Crippen LogP contribution is -2.40. The van der Waals surface area contributed by atoms with Crippen LogP contribution in [0.25, 0.3) is 0 Å². The Morgan fingerprint density at radius 3 is 2.10 bits per heavy atom. The van der Waals surface area contributed by atoms with Crippen molar-refractivity contribution in [2.45, 2.75) is 0 Å². The summed E-state index contributed by atoms with van der Waals surface area (Å²) in [5, 5.41) is 19.8. The van der Waals surface area contributed by atoms with Crippen molar-refractivity contribution >= 4 is 29.2 Å². The maximum atomic E-state index is 11.7. The molecule has 8 heteroatoms. The molecule has 1 aromatic rings. The molecule has 0 saturated heterocycles. The molecule has 8 nitrogen and oxygen atoms in total. The first kappa shape index (κ1) is 15.4. The number of nitrogen functional groups attached to an aromatic ring is 1. The van der Waals surface area contributed by atoms with Crippen molar-refractivity contribution in [1.82, 2.24) is 4.90 Å². The van der Waals surface area contributed by atoms with Crippen LogP contribution in [0.2, 0.25) is 0 Å². The summed E-state index contributed by atoms with van der Waals surface area (Å²) in [6, 6.07) is 6.57. The number of rotatable bonds is 7. The molecule has 0 atom stereocenters. The van der Waals surface area contributed by atoms with Crippen LogP contribution in [-0.4, -0.2) is 52.6 Å². The lowest BCUT2D eigenvalue weighted by molar-refractivity contribution is -0.142. The van der Waals surface area contributed by atoms with Crippen molar-refractivity contribution < 1.29 is 24.6 Å². The maximum absolute atomic E-state index is 11.7. The molecule has 0 radical (unpaired) electrons. The topological polar surface area (TPSA) is 133 Å². The zero-order chi connectivity index (χ0) is 15.1. The molecule has 0 bridgehead atoms. The van der Waals surface area contributed by atoms with E-state index in [-0.39, 0.29) is 6.54 Å². The summed E-state index contributed by atoms with van der Waals surface area (Å²) in [6.07, 6.45) is 0. The minimum absolute atomic E-state index is 0.354. The van der Waals surface area contributed by atoms with Crippen molar-refractivity contribution in [2.75, 3.05) is 30.7 Å². The molecule has 0 heterocycles. The second kappa shape index (κ2) is 7.10. The van der Waals surface area contributed by atoms with E-state index in [1.807, 2.05) is 0 Å². The molecule has 0 aliphatic rings. The number of hydrogen-bond donors (Lipinski definition) is 4. The number of anilines is 2. The third kappa shape index (κ3) is 5.36. The molecular formula is C12H15N3O5. The van der Waals surface area contributed by atoms with E-state index >= 15 is 0 Å². The van der Waals surface area contributed by atoms with Crippen molar-refractivity contribution in [2.24, 2.45) is 0 Å². The van der Waals surface area contributed by atoms with Crippen molar-refractivity contribution in [3.63, 3.8) is 0 Å². The van der Waals surface area contributed by atoms with E-state index in [2.05, 4.69) is 5.32 Å². The molecule has 5 N–H and O–H groups in total. The Balaban J connectivity index is 2.64. The van der Waals surface area contributed by atoms with Gasteiger partial charge in [0.15, 0.2) is 0 Å². The Bertz CT molecular complexity index is 502. The van der Waals surface area contributed by atoms with Crippen LogP contribution in [0.4, 0.5) is 11.4 Å². The van der Waals surface area contributed by atoms with Gasteiger partial charge in [0.2, 0.25) is 5.91 Å². The molecule has 0 aliphatic carbocycles. The van der Waals surface area contributed by atoms with Gasteiger partial charge in [-0.3, -0.25) is 19.3 Å². The Hall–Kier alpha value is -2.61. The van der Waals surface area contributed by atoms with E-state index in [9.17, 15) is 14.4 Å². The van der Waals surface area contributed by atoms with Gasteiger partial charge in [-0.1, -0.05) is 12.1 Å². The van der Waals surface area contributed by atoms with Crippen LogP contribution in [-0.2, 0) is 14.4 Å². The fraction of sp³-hybridized carbons (Fsp3) is 0.250. The number of carboxylic acid groups (broad SMARTS) is 2. The minimum atomic E-state index is -1.21. The number of benzene rings is 1. The van der Waals surface area contributed by atoms with E-state index in [0.29, 0.717) is 11.4 Å². The number of carbonyl (C=O) groups excluding carboxylic acids is 1. The SMILES string of the molecule is Nc1ccccc1NC(=O)CN(CC(=O)O)CC(=O)O. The summed E-state index contributed by atoms with van der Waals surface area (Å²) >= 11 is 0. The van der Waals surface area contributed by atoms with E-state index < -0.39 is 30.9 Å². The van der Waals surface area contributed by atoms with Crippen LogP contribution in [0.3, 0.4) is 0 Å². The number of nitrogens with two attached hydrogens (primary N) is 1. The molecule has 0 saturated carbocycles. The lowest BCUT2D eigenvalue weighted by Gasteiger charge is -2.17. The third-order valence-electron chi connectivity index (χ3n) is 2.32. The van der Waals surface area contributed by atoms with E-state index in [1.54, 1.807) is 24.3 Å². The number of aliphatic carboxylic acids is 2. The van der Waals surface area contributed by atoms with Crippen LogP contribution < -0.4 is 11.1 Å². The largest absolute Gasteiger partial charge is 0.480 e. The van der Waals surface area contributed by atoms with Crippen LogP contribution in [0.15, 0.2) is 24.3 Å². The number of carbonyl (C=O) groups is 3. The quantitative estimate of drug-likeness (QED) is 0.503. The molecule has 1 aromatic carbocycles. The van der Waals surface area contributed by atoms with Gasteiger partial charge < -0.3 is 21.3 Å². The zero-order valence-electron chi connectivity index (χ0n) is 10.6. The van der Waals surface area contributed by atoms with Crippen LogP contribution in [0.5, 0.6) is 0 Å². The van der Waals surface area contributed by atoms with E-state index in [1.165, 1.54) is 0 Å². The third-order valence-corrected chi connectivity index (χ3v) is 2.32. The first-order valence-electron chi connectivity index (χ1n) is 5.68. The summed E-state index contributed by atoms with van der Waals surface area (Å²) in [6.45, 7) is -1.43. The van der Waals surface area contributed by atoms with Crippen LogP contribution in [0.1, 0.15) is 0 Å². The Morgan fingerprint density at radius 1 is 1.05 bits per heavy atom. The standard InChI is InChI=1S/C12H15N3O5/c13-8-3-1-2-4-9(8)14-10(16)5-15(6-11(17)18)7-12(19)20/h1-4H,5-7,13H2,(H,14,16)(H,17,18)(H,19,20). The number of carboxylic acids is 2. The van der Waals surface area contributed by atoms with Crippen LogP contribution in [0, 0.1) is 0 Å². The molecule has 108 valence electrons. The highest BCUT2D eigenvalue weighted by Gasteiger charge is 2.17. The summed E-state index contributed by atoms with van der Waals surface area (Å²) in [4.78, 5) is 33.9. The van der Waals surface area contributed by atoms with E-state index in [4.69, 9.17) is 15.9 Å². The normalized spacial score (nSPS) is 10.2. The number of para-hydroxylation sites is 2. The van der Waals surface area contributed by atoms with Gasteiger partial charge in [0.1, 0.15) is 0 Å². The predicted molar refractivity (Wildman–Crippen MR) is 71.2 cm³/mol. The fourth-order valence-electron chi connectivity index (χ4n) is 1.55. The molecule has 0 fully saturated rings. The highest BCUT2D eigenvalue weighted by atomic mass is 16.4. The average molecular weight is 281 g/mol. The van der Waals surface area contributed by atoms with Gasteiger partial charge in [0, 0.05) is 0 Å². The second-order valence-corrected chi connectivity index (χ2v) is 4.07. The maximum Gasteiger partial charge on any atom is 0.317 e. The Labute approximate surface area is 114 Å². The fourth-order valence-corrected chi connectivity index (χ4v) is 1.55. The van der Waals surface area contributed by atoms with E-state index in [0.717, 1.165) is 4.90 Å². The van der Waals surface area contributed by atoms with Crippen molar-refractivity contribution in [3.05, 3.63) is 24.3 Å². The second-order valence-electron chi connectivity index (χ2n) is 4.07. The number of nitrogens with zero attached hydrogens (tertiary/aromatic N) is 1. The van der Waals surface area contributed by atoms with Gasteiger partial charge in [-0.15, -0.1) is 0 Å². The highest BCUT2D eigenvalue weighted by Crippen LogP contribution is 2.16. The number of amides is 1. The monoisotopic (exact) mass is 281 g/mol. The minimum Gasteiger partial charge on any atom is -0.480 e. The molecule has 1 rings (SSSR count). The Morgan fingerprint density at radius 2 is 1.60 bits per heavy atom. The van der Waals surface area contributed by atoms with Crippen LogP contribution >= 0.6 is 0 Å². The molecule has 20 heavy (non-hydrogen) atoms. The smallest absolute Gasteiger partial charge is 0.317 e. The molecule has 0 aliphatic heterocycles. The van der Waals surface area contributed by atoms with Gasteiger partial charge in [-0.25, -0.2) is 0 Å². The zero-order valence-corrected chi connectivity index (χ0v) is 10.6. The predicted octanol–water partition coefficient (Wildman–Crippen LogP) is -0.322. The molecule has 0 unspecified atom stereocenters. The Kier molecular flexibility index (Phi) is 5.48. The summed E-state index contributed by atoms with van der Waals surface area (Å²) in [5.74, 6) is -2.96. The van der Waals surface area contributed by atoms with Crippen molar-refractivity contribution in [3.8, 4) is 0 Å². The van der Waals surface area contributed by atoms with Gasteiger partial charge >= 0.3 is 11.9 Å². The number of nitrogens with one attached hydrogen (secondary N) is 1. The number of hydrogen-bond acceptors (Lipinski definition) is 5. The van der Waals surface area contributed by atoms with Crippen molar-refractivity contribution in [1.29, 1.82) is 0 Å². The lowest BCUT2D eigenvalue weighted by atomic mass is 10.2. The molecule has 0 spiro atoms. The average Bonchev–Trinajstić information content (AvgIpc) is 2.30. The first-order valence-corrected chi connectivity index (χ1v) is 5.68. The molecule has 1 amide bonds. The first-order chi connectivity index (χ1) is 9.38. The highest BCUT2D eigenvalue weighted by molar-refractivity contribution is 5.95. The van der Waals surface area contributed by atoms with Gasteiger partial charge in [0.05, 0.1) is 31.0 Å². The summed E-state index contributed by atoms with van der Waals surface area (Å²) < 4.78 is 0.